The summed E-state index contributed by atoms with van der Waals surface area (Å²) in [5, 5.41) is 0. The van der Waals surface area contributed by atoms with Crippen molar-refractivity contribution in [2.75, 3.05) is 13.2 Å². The normalized spacial score (nSPS) is 23.1. The molecule has 4 aliphatic rings. The summed E-state index contributed by atoms with van der Waals surface area (Å²) >= 11 is 0. The minimum absolute atomic E-state index is 0.0868. The number of esters is 2. The van der Waals surface area contributed by atoms with Crippen LogP contribution in [0.3, 0.4) is 0 Å². The van der Waals surface area contributed by atoms with E-state index in [9.17, 15) is 19.2 Å². The summed E-state index contributed by atoms with van der Waals surface area (Å²) in [4.78, 5) is 49.1. The van der Waals surface area contributed by atoms with Crippen LogP contribution < -0.4 is 0 Å². The molecule has 0 bridgehead atoms. The number of nitrogens with zero attached hydrogens (tertiary/aromatic N) is 2. The number of aryl methyl sites for hydroxylation is 2. The van der Waals surface area contributed by atoms with Crippen LogP contribution in [-0.4, -0.2) is 45.9 Å². The molecule has 2 aromatic heterocycles. The lowest BCUT2D eigenvalue weighted by Gasteiger charge is -2.43. The van der Waals surface area contributed by atoms with Crippen LogP contribution in [0, 0.1) is 5.92 Å². The molecule has 54 heavy (non-hydrogen) atoms. The highest BCUT2D eigenvalue weighted by Gasteiger charge is 2.47. The summed E-state index contributed by atoms with van der Waals surface area (Å²) in [5.74, 6) is 0.417. The molecule has 0 N–H and O–H groups in total. The molecule has 0 radical (unpaired) electrons. The van der Waals surface area contributed by atoms with E-state index in [2.05, 4.69) is 57.7 Å². The predicted octanol–water partition coefficient (Wildman–Crippen LogP) is 8.54. The van der Waals surface area contributed by atoms with Gasteiger partial charge in [0.1, 0.15) is 5.78 Å². The van der Waals surface area contributed by atoms with Gasteiger partial charge in [-0.15, -0.1) is 0 Å². The van der Waals surface area contributed by atoms with Crippen LogP contribution in [0.5, 0.6) is 0 Å². The fourth-order valence-corrected chi connectivity index (χ4v) is 9.70. The minimum Gasteiger partial charge on any atom is -0.462 e. The number of Topliss-reactive ketones (excluding diaryl/α,β-unsaturated/α-hetero) is 1. The van der Waals surface area contributed by atoms with Gasteiger partial charge in [0.15, 0.2) is 5.78 Å². The number of ketones is 2. The second-order valence-corrected chi connectivity index (χ2v) is 15.4. The van der Waals surface area contributed by atoms with Crippen LogP contribution >= 0.6 is 0 Å². The second-order valence-electron chi connectivity index (χ2n) is 15.4. The number of aromatic nitrogens is 2. The van der Waals surface area contributed by atoms with Crippen molar-refractivity contribution < 1.29 is 28.7 Å². The summed E-state index contributed by atoms with van der Waals surface area (Å²) in [5.41, 5.74) is 7.06. The van der Waals surface area contributed by atoms with Gasteiger partial charge >= 0.3 is 11.9 Å². The van der Waals surface area contributed by atoms with Gasteiger partial charge in [-0.1, -0.05) is 66.2 Å². The smallest absolute Gasteiger partial charge is 0.339 e. The largest absolute Gasteiger partial charge is 0.462 e. The fourth-order valence-electron chi connectivity index (χ4n) is 9.70. The summed E-state index contributed by atoms with van der Waals surface area (Å²) in [6, 6.07) is 25.0. The zero-order chi connectivity index (χ0) is 37.7. The maximum atomic E-state index is 12.3. The topological polar surface area (TPSA) is 96.6 Å². The maximum absolute atomic E-state index is 12.3. The number of fused-ring (bicyclic) bond motifs is 6. The van der Waals surface area contributed by atoms with E-state index >= 15 is 0 Å². The molecule has 2 aliphatic carbocycles. The van der Waals surface area contributed by atoms with Crippen LogP contribution in [0.4, 0.5) is 0 Å². The third-order valence-corrected chi connectivity index (χ3v) is 12.2. The first-order chi connectivity index (χ1) is 26.2. The first-order valence-corrected chi connectivity index (χ1v) is 19.8. The lowest BCUT2D eigenvalue weighted by molar-refractivity contribution is -0.123. The molecule has 0 saturated heterocycles. The van der Waals surface area contributed by atoms with Gasteiger partial charge in [0.05, 0.1) is 24.3 Å². The molecule has 4 aromatic rings. The Hall–Kier alpha value is -4.98. The van der Waals surface area contributed by atoms with E-state index in [1.165, 1.54) is 22.4 Å². The number of carbonyl (C=O) groups is 4. The molecule has 0 spiro atoms. The van der Waals surface area contributed by atoms with Crippen molar-refractivity contribution in [3.05, 3.63) is 130 Å². The van der Waals surface area contributed by atoms with Crippen LogP contribution in [0.15, 0.2) is 96.8 Å². The molecular weight excluding hydrogens is 677 g/mol. The molecule has 8 heteroatoms. The van der Waals surface area contributed by atoms with Gasteiger partial charge in [-0.2, -0.15) is 0 Å². The summed E-state index contributed by atoms with van der Waals surface area (Å²) in [6.07, 6.45) is 15.0. The van der Waals surface area contributed by atoms with E-state index in [1.54, 1.807) is 0 Å². The quantitative estimate of drug-likeness (QED) is 0.169. The van der Waals surface area contributed by atoms with Gasteiger partial charge < -0.3 is 18.6 Å². The Morgan fingerprint density at radius 2 is 1.31 bits per heavy atom. The van der Waals surface area contributed by atoms with Gasteiger partial charge in [-0.3, -0.25) is 9.59 Å². The van der Waals surface area contributed by atoms with Crippen molar-refractivity contribution in [2.24, 2.45) is 5.92 Å². The molecule has 1 saturated carbocycles. The van der Waals surface area contributed by atoms with Crippen molar-refractivity contribution in [3.8, 4) is 0 Å². The SMILES string of the molecule is CCOC(=O)c1cc2n(c1)CCCC1=CC(=O)CCC12Cc1ccccc1.CCOC(=O)c1cc2n(c1)CCC[C@H]1CC(=O)CC[C@@]21Cc1ccccc1. The first kappa shape index (κ1) is 37.3. The fraction of sp³-hybridized carbons (Fsp3) is 0.435. The van der Waals surface area contributed by atoms with Crippen LogP contribution in [0.1, 0.15) is 115 Å². The van der Waals surface area contributed by atoms with Crippen molar-refractivity contribution in [3.63, 3.8) is 0 Å². The van der Waals surface area contributed by atoms with E-state index in [0.717, 1.165) is 70.2 Å². The third kappa shape index (κ3) is 7.53. The number of ether oxygens (including phenoxy) is 2. The molecule has 8 rings (SSSR count). The summed E-state index contributed by atoms with van der Waals surface area (Å²) < 4.78 is 14.9. The summed E-state index contributed by atoms with van der Waals surface area (Å²) in [6.45, 7) is 6.16. The average Bonchev–Trinajstić information content (AvgIpc) is 3.75. The van der Waals surface area contributed by atoms with Crippen molar-refractivity contribution in [1.82, 2.24) is 9.13 Å². The minimum atomic E-state index is -0.273. The van der Waals surface area contributed by atoms with Crippen LogP contribution in [0.25, 0.3) is 0 Å². The molecule has 4 heterocycles. The van der Waals surface area contributed by atoms with Crippen LogP contribution in [-0.2, 0) is 55.8 Å². The van der Waals surface area contributed by atoms with Gasteiger partial charge in [0.25, 0.3) is 0 Å². The zero-order valence-electron chi connectivity index (χ0n) is 31.7. The maximum Gasteiger partial charge on any atom is 0.339 e. The molecule has 1 unspecified atom stereocenters. The molecule has 1 fully saturated rings. The molecule has 2 aliphatic heterocycles. The number of hydrogen-bond acceptors (Lipinski definition) is 6. The third-order valence-electron chi connectivity index (χ3n) is 12.2. The predicted molar refractivity (Wildman–Crippen MR) is 208 cm³/mol. The Morgan fingerprint density at radius 1 is 0.722 bits per heavy atom. The van der Waals surface area contributed by atoms with Gasteiger partial charge in [0, 0.05) is 67.0 Å². The van der Waals surface area contributed by atoms with Gasteiger partial charge in [-0.25, -0.2) is 9.59 Å². The van der Waals surface area contributed by atoms with E-state index in [0.29, 0.717) is 55.3 Å². The van der Waals surface area contributed by atoms with E-state index < -0.39 is 0 Å². The molecule has 3 atom stereocenters. The zero-order valence-corrected chi connectivity index (χ0v) is 31.7. The Labute approximate surface area is 318 Å². The highest BCUT2D eigenvalue weighted by Crippen LogP contribution is 2.50. The average molecular weight is 729 g/mol. The number of rotatable bonds is 8. The first-order valence-electron chi connectivity index (χ1n) is 19.8. The Balaban J connectivity index is 0.000000167. The van der Waals surface area contributed by atoms with E-state index in [1.807, 2.05) is 56.6 Å². The van der Waals surface area contributed by atoms with Crippen molar-refractivity contribution in [1.29, 1.82) is 0 Å². The lowest BCUT2D eigenvalue weighted by Crippen LogP contribution is -2.43. The van der Waals surface area contributed by atoms with Crippen molar-refractivity contribution in [2.45, 2.75) is 108 Å². The van der Waals surface area contributed by atoms with Gasteiger partial charge in [0.2, 0.25) is 0 Å². The highest BCUT2D eigenvalue weighted by molar-refractivity contribution is 5.93. The Morgan fingerprint density at radius 3 is 1.96 bits per heavy atom. The monoisotopic (exact) mass is 728 g/mol. The molecule has 2 aromatic carbocycles. The lowest BCUT2D eigenvalue weighted by atomic mass is 9.60. The number of allylic oxidation sites excluding steroid dienone is 2. The van der Waals surface area contributed by atoms with Crippen molar-refractivity contribution >= 4 is 23.5 Å². The Kier molecular flexibility index (Phi) is 11.2. The molecule has 282 valence electrons. The number of carbonyl (C=O) groups excluding carboxylic acids is 4. The standard InChI is InChI=1S/C23H27NO3.C23H25NO3/c2*1-2-27-22(26)18-13-21-23(15-17-7-4-3-5-8-17)11-10-20(25)14-19(23)9-6-12-24(21)16-18/h3-5,7-8,13,16,19H,2,6,9-12,14-15H2,1H3;3-5,7-8,13-14,16H,2,6,9-12,15H2,1H3/t19-,23-;/m0./s1. The summed E-state index contributed by atoms with van der Waals surface area (Å²) in [7, 11) is 0. The number of benzene rings is 2. The number of hydrogen-bond donors (Lipinski definition) is 0. The second kappa shape index (κ2) is 16.2. The highest BCUT2D eigenvalue weighted by atomic mass is 16.5. The molecular formula is C46H52N2O6. The van der Waals surface area contributed by atoms with E-state index in [4.69, 9.17) is 9.47 Å². The van der Waals surface area contributed by atoms with Gasteiger partial charge in [-0.05, 0) is 100 Å². The Bertz CT molecular complexity index is 2020. The molecule has 0 amide bonds. The van der Waals surface area contributed by atoms with Crippen LogP contribution in [0.2, 0.25) is 0 Å². The van der Waals surface area contributed by atoms with E-state index in [-0.39, 0.29) is 28.6 Å². The molecule has 8 nitrogen and oxygen atoms in total.